The second-order valence-electron chi connectivity index (χ2n) is 8.01. The van der Waals surface area contributed by atoms with Crippen LogP contribution < -0.4 is 5.32 Å². The molecule has 0 aliphatic carbocycles. The van der Waals surface area contributed by atoms with Crippen LogP contribution in [0, 0.1) is 12.8 Å². The van der Waals surface area contributed by atoms with E-state index in [4.69, 9.17) is 4.42 Å². The average Bonchev–Trinajstić information content (AvgIpc) is 3.46. The quantitative estimate of drug-likeness (QED) is 0.361. The van der Waals surface area contributed by atoms with Crippen LogP contribution in [0.1, 0.15) is 35.3 Å². The van der Waals surface area contributed by atoms with Gasteiger partial charge in [-0.2, -0.15) is 0 Å². The Morgan fingerprint density at radius 3 is 2.69 bits per heavy atom. The van der Waals surface area contributed by atoms with Gasteiger partial charge in [0.05, 0.1) is 12.0 Å². The monoisotopic (exact) mass is 446 g/mol. The molecule has 6 nitrogen and oxygen atoms in total. The molecular weight excluding hydrogens is 420 g/mol. The van der Waals surface area contributed by atoms with Crippen LogP contribution in [0.15, 0.2) is 76.5 Å². The Kier molecular flexibility index (Phi) is 6.75. The van der Waals surface area contributed by atoms with Crippen LogP contribution in [0.2, 0.25) is 0 Å². The Morgan fingerprint density at radius 2 is 1.94 bits per heavy atom. The van der Waals surface area contributed by atoms with Crippen molar-refractivity contribution in [1.82, 2.24) is 20.1 Å². The van der Waals surface area contributed by atoms with Crippen molar-refractivity contribution in [2.45, 2.75) is 31.7 Å². The number of hydrogen-bond acceptors (Lipinski definition) is 5. The molecule has 0 aliphatic rings. The lowest BCUT2D eigenvalue weighted by atomic mass is 10.1. The largest absolute Gasteiger partial charge is 0.461 e. The molecule has 0 aliphatic heterocycles. The molecule has 0 saturated heterocycles. The summed E-state index contributed by atoms with van der Waals surface area (Å²) in [6.45, 7) is 6.86. The van der Waals surface area contributed by atoms with E-state index < -0.39 is 0 Å². The Morgan fingerprint density at radius 1 is 1.09 bits per heavy atom. The van der Waals surface area contributed by atoms with Crippen LogP contribution in [0.4, 0.5) is 0 Å². The molecule has 0 spiro atoms. The fourth-order valence-corrected chi connectivity index (χ4v) is 4.29. The van der Waals surface area contributed by atoms with Crippen molar-refractivity contribution in [3.8, 4) is 17.3 Å². The SMILES string of the molecule is Cc1cccc(-n2c(SCc3ccccc3C(=O)NCC(C)C)nnc2-c2ccco2)c1. The number of nitrogens with one attached hydrogen (secondary N) is 1. The zero-order chi connectivity index (χ0) is 22.5. The molecule has 4 aromatic rings. The topological polar surface area (TPSA) is 73.0 Å². The molecule has 2 aromatic carbocycles. The van der Waals surface area contributed by atoms with Gasteiger partial charge in [-0.1, -0.05) is 55.9 Å². The van der Waals surface area contributed by atoms with Gasteiger partial charge in [-0.3, -0.25) is 9.36 Å². The number of carbonyl (C=O) groups is 1. The third-order valence-corrected chi connectivity index (χ3v) is 5.90. The van der Waals surface area contributed by atoms with Crippen molar-refractivity contribution < 1.29 is 9.21 Å². The number of aromatic nitrogens is 3. The molecule has 0 saturated carbocycles. The van der Waals surface area contributed by atoms with Crippen LogP contribution in [0.5, 0.6) is 0 Å². The molecule has 4 rings (SSSR count). The highest BCUT2D eigenvalue weighted by Crippen LogP contribution is 2.31. The summed E-state index contributed by atoms with van der Waals surface area (Å²) < 4.78 is 7.60. The highest BCUT2D eigenvalue weighted by atomic mass is 32.2. The van der Waals surface area contributed by atoms with Crippen molar-refractivity contribution in [3.63, 3.8) is 0 Å². The Balaban J connectivity index is 1.63. The van der Waals surface area contributed by atoms with Crippen LogP contribution >= 0.6 is 11.8 Å². The average molecular weight is 447 g/mol. The van der Waals surface area contributed by atoms with Crippen LogP contribution in [0.3, 0.4) is 0 Å². The minimum atomic E-state index is -0.0497. The molecule has 0 radical (unpaired) electrons. The Bertz CT molecular complexity index is 1200. The van der Waals surface area contributed by atoms with E-state index in [0.29, 0.717) is 35.4 Å². The molecule has 1 amide bonds. The summed E-state index contributed by atoms with van der Waals surface area (Å²) in [5.74, 6) is 2.23. The summed E-state index contributed by atoms with van der Waals surface area (Å²) in [6.07, 6.45) is 1.63. The van der Waals surface area contributed by atoms with E-state index in [1.807, 2.05) is 53.1 Å². The lowest BCUT2D eigenvalue weighted by molar-refractivity contribution is 0.0948. The van der Waals surface area contributed by atoms with Gasteiger partial charge in [0.25, 0.3) is 5.91 Å². The molecular formula is C25H26N4O2S. The number of furan rings is 1. The van der Waals surface area contributed by atoms with Gasteiger partial charge < -0.3 is 9.73 Å². The number of carbonyl (C=O) groups excluding carboxylic acids is 1. The van der Waals surface area contributed by atoms with Crippen molar-refractivity contribution in [2.75, 3.05) is 6.54 Å². The predicted octanol–water partition coefficient (Wildman–Crippen LogP) is 5.51. The van der Waals surface area contributed by atoms with Gasteiger partial charge in [0.15, 0.2) is 10.9 Å². The molecule has 0 bridgehead atoms. The molecule has 0 fully saturated rings. The van der Waals surface area contributed by atoms with Gasteiger partial charge in [-0.05, 0) is 54.3 Å². The predicted molar refractivity (Wildman–Crippen MR) is 127 cm³/mol. The fourth-order valence-electron chi connectivity index (χ4n) is 3.33. The lowest BCUT2D eigenvalue weighted by Gasteiger charge is -2.12. The molecule has 2 aromatic heterocycles. The van der Waals surface area contributed by atoms with Crippen molar-refractivity contribution >= 4 is 17.7 Å². The van der Waals surface area contributed by atoms with E-state index >= 15 is 0 Å². The normalized spacial score (nSPS) is 11.1. The van der Waals surface area contributed by atoms with E-state index in [9.17, 15) is 4.79 Å². The maximum atomic E-state index is 12.7. The van der Waals surface area contributed by atoms with E-state index in [2.05, 4.69) is 48.4 Å². The van der Waals surface area contributed by atoms with Gasteiger partial charge in [-0.15, -0.1) is 10.2 Å². The first-order chi connectivity index (χ1) is 15.5. The molecule has 2 heterocycles. The van der Waals surface area contributed by atoms with Crippen LogP contribution in [-0.4, -0.2) is 27.2 Å². The number of thioether (sulfide) groups is 1. The first-order valence-electron chi connectivity index (χ1n) is 10.6. The smallest absolute Gasteiger partial charge is 0.251 e. The molecule has 0 unspecified atom stereocenters. The van der Waals surface area contributed by atoms with Crippen LogP contribution in [-0.2, 0) is 5.75 Å². The van der Waals surface area contributed by atoms with Crippen molar-refractivity contribution in [2.24, 2.45) is 5.92 Å². The number of rotatable bonds is 8. The highest BCUT2D eigenvalue weighted by Gasteiger charge is 2.19. The summed E-state index contributed by atoms with van der Waals surface area (Å²) in [6, 6.07) is 19.6. The lowest BCUT2D eigenvalue weighted by Crippen LogP contribution is -2.28. The third-order valence-electron chi connectivity index (χ3n) is 4.92. The summed E-state index contributed by atoms with van der Waals surface area (Å²) in [5.41, 5.74) is 3.75. The summed E-state index contributed by atoms with van der Waals surface area (Å²) in [5, 5.41) is 12.6. The zero-order valence-electron chi connectivity index (χ0n) is 18.4. The van der Waals surface area contributed by atoms with Gasteiger partial charge in [0.2, 0.25) is 5.82 Å². The van der Waals surface area contributed by atoms with E-state index in [1.54, 1.807) is 18.0 Å². The van der Waals surface area contributed by atoms with Gasteiger partial charge in [0, 0.05) is 17.9 Å². The maximum Gasteiger partial charge on any atom is 0.251 e. The Labute approximate surface area is 192 Å². The number of nitrogens with zero attached hydrogens (tertiary/aromatic N) is 3. The highest BCUT2D eigenvalue weighted by molar-refractivity contribution is 7.98. The second kappa shape index (κ2) is 9.87. The van der Waals surface area contributed by atoms with E-state index in [1.165, 1.54) is 0 Å². The fraction of sp³-hybridized carbons (Fsp3) is 0.240. The summed E-state index contributed by atoms with van der Waals surface area (Å²) in [4.78, 5) is 12.7. The van der Waals surface area contributed by atoms with E-state index in [0.717, 1.165) is 22.0 Å². The standard InChI is InChI=1S/C25H26N4O2S/c1-17(2)15-26-24(30)21-11-5-4-9-19(21)16-32-25-28-27-23(22-12-7-13-31-22)29(25)20-10-6-8-18(3)14-20/h4-14,17H,15-16H2,1-3H3,(H,26,30). The van der Waals surface area contributed by atoms with Crippen LogP contribution in [0.25, 0.3) is 17.3 Å². The number of aryl methyl sites for hydroxylation is 1. The molecule has 0 atom stereocenters. The number of hydrogen-bond donors (Lipinski definition) is 1. The number of amides is 1. The van der Waals surface area contributed by atoms with E-state index in [-0.39, 0.29) is 5.91 Å². The van der Waals surface area contributed by atoms with Gasteiger partial charge in [-0.25, -0.2) is 0 Å². The summed E-state index contributed by atoms with van der Waals surface area (Å²) >= 11 is 1.54. The van der Waals surface area contributed by atoms with Gasteiger partial charge in [0.1, 0.15) is 0 Å². The first-order valence-corrected chi connectivity index (χ1v) is 11.6. The van der Waals surface area contributed by atoms with Crippen molar-refractivity contribution in [3.05, 3.63) is 83.6 Å². The maximum absolute atomic E-state index is 12.7. The third kappa shape index (κ3) is 4.94. The van der Waals surface area contributed by atoms with Crippen molar-refractivity contribution in [1.29, 1.82) is 0 Å². The summed E-state index contributed by atoms with van der Waals surface area (Å²) in [7, 11) is 0. The Hall–Kier alpha value is -3.32. The molecule has 7 heteroatoms. The minimum Gasteiger partial charge on any atom is -0.461 e. The zero-order valence-corrected chi connectivity index (χ0v) is 19.2. The minimum absolute atomic E-state index is 0.0497. The molecule has 1 N–H and O–H groups in total. The molecule has 164 valence electrons. The second-order valence-corrected chi connectivity index (χ2v) is 8.95. The van der Waals surface area contributed by atoms with Gasteiger partial charge >= 0.3 is 0 Å². The first kappa shape index (κ1) is 21.9. The number of benzene rings is 2. The molecule has 32 heavy (non-hydrogen) atoms.